The number of nitrogens with zero attached hydrogens (tertiary/aromatic N) is 3. The van der Waals surface area contributed by atoms with E-state index in [0.29, 0.717) is 17.9 Å². The first-order valence-electron chi connectivity index (χ1n) is 7.43. The highest BCUT2D eigenvalue weighted by atomic mass is 32.2. The van der Waals surface area contributed by atoms with Crippen LogP contribution in [0.15, 0.2) is 63.7 Å². The van der Waals surface area contributed by atoms with Gasteiger partial charge in [-0.25, -0.2) is 8.42 Å². The number of azo groups is 1. The van der Waals surface area contributed by atoms with Gasteiger partial charge in [0.25, 0.3) is 0 Å². The first-order chi connectivity index (χ1) is 11.8. The lowest BCUT2D eigenvalue weighted by molar-refractivity contribution is -0.372. The summed E-state index contributed by atoms with van der Waals surface area (Å²) in [4.78, 5) is 1.69. The Balaban J connectivity index is 0.000000705. The summed E-state index contributed by atoms with van der Waals surface area (Å²) in [5.41, 5.74) is 5.56. The number of rotatable bonds is 5. The molecule has 8 nitrogen and oxygen atoms in total. The minimum absolute atomic E-state index is 0.208. The van der Waals surface area contributed by atoms with Gasteiger partial charge in [0.15, 0.2) is 0 Å². The lowest BCUT2D eigenvalue weighted by Gasteiger charge is -2.11. The predicted molar refractivity (Wildman–Crippen MR) is 94.2 cm³/mol. The van der Waals surface area contributed by atoms with Gasteiger partial charge in [-0.15, -0.1) is 0 Å². The topological polar surface area (TPSA) is 133 Å². The zero-order chi connectivity index (χ0) is 18.9. The van der Waals surface area contributed by atoms with Crippen molar-refractivity contribution < 1.29 is 23.8 Å². The highest BCUT2D eigenvalue weighted by molar-refractivity contribution is 7.85. The second kappa shape index (κ2) is 9.84. The van der Waals surface area contributed by atoms with Crippen molar-refractivity contribution in [2.24, 2.45) is 10.2 Å². The zero-order valence-corrected chi connectivity index (χ0v) is 15.0. The fourth-order valence-electron chi connectivity index (χ4n) is 1.61. The standard InChI is InChI=1S/C14H15N3O3S.C2H7NO/c1-17(2)13-7-3-11(4-8-13)15-16-12-5-9-14(10-6-12)21(18,19)20;3-1-2-4/h3-10H,1-2H3,(H,18,19,20);4H,1-3H2. The number of hydrogen-bond donors (Lipinski definition) is 2. The van der Waals surface area contributed by atoms with Gasteiger partial charge in [-0.05, 0) is 48.5 Å². The minimum atomic E-state index is -4.43. The number of anilines is 1. The summed E-state index contributed by atoms with van der Waals surface area (Å²) in [6, 6.07) is 12.8. The Morgan fingerprint density at radius 2 is 1.40 bits per heavy atom. The molecule has 0 aromatic heterocycles. The Kier molecular flexibility index (Phi) is 8.16. The molecule has 136 valence electrons. The molecule has 0 saturated carbocycles. The van der Waals surface area contributed by atoms with E-state index in [1.807, 2.05) is 43.3 Å². The van der Waals surface area contributed by atoms with Crippen molar-refractivity contribution in [3.05, 3.63) is 48.5 Å². The monoisotopic (exact) mass is 366 g/mol. The molecule has 0 aliphatic rings. The van der Waals surface area contributed by atoms with Crippen LogP contribution in [0.1, 0.15) is 0 Å². The van der Waals surface area contributed by atoms with Gasteiger partial charge in [0, 0.05) is 19.8 Å². The molecule has 0 fully saturated rings. The van der Waals surface area contributed by atoms with Gasteiger partial charge >= 0.3 is 0 Å². The van der Waals surface area contributed by atoms with E-state index in [0.717, 1.165) is 5.69 Å². The van der Waals surface area contributed by atoms with Crippen LogP contribution >= 0.6 is 0 Å². The lowest BCUT2D eigenvalue weighted by atomic mass is 10.3. The average molecular weight is 366 g/mol. The van der Waals surface area contributed by atoms with Crippen LogP contribution in [-0.4, -0.2) is 45.3 Å². The van der Waals surface area contributed by atoms with E-state index in [1.165, 1.54) is 24.3 Å². The van der Waals surface area contributed by atoms with Crippen molar-refractivity contribution in [1.82, 2.24) is 0 Å². The summed E-state index contributed by atoms with van der Waals surface area (Å²) in [7, 11) is -0.533. The molecule has 2 rings (SSSR count). The number of aliphatic hydroxyl groups is 1. The van der Waals surface area contributed by atoms with Gasteiger partial charge in [0.2, 0.25) is 0 Å². The van der Waals surface area contributed by atoms with Gasteiger partial charge in [-0.3, -0.25) is 0 Å². The van der Waals surface area contributed by atoms with E-state index in [2.05, 4.69) is 16.0 Å². The molecule has 25 heavy (non-hydrogen) atoms. The molecule has 0 spiro atoms. The molecule has 0 aliphatic carbocycles. The van der Waals surface area contributed by atoms with E-state index in [4.69, 9.17) is 5.11 Å². The summed E-state index contributed by atoms with van der Waals surface area (Å²) in [6.07, 6.45) is 0. The second-order valence-corrected chi connectivity index (χ2v) is 6.52. The molecular formula is C16H22N4O4S. The molecule has 0 atom stereocenters. The number of aliphatic hydroxyl groups excluding tert-OH is 1. The molecule has 2 aromatic rings. The first kappa shape index (κ1) is 20.7. The van der Waals surface area contributed by atoms with E-state index in [9.17, 15) is 13.0 Å². The van der Waals surface area contributed by atoms with Gasteiger partial charge in [0.1, 0.15) is 10.1 Å². The van der Waals surface area contributed by atoms with E-state index >= 15 is 0 Å². The lowest BCUT2D eigenvalue weighted by Crippen LogP contribution is -2.51. The van der Waals surface area contributed by atoms with Gasteiger partial charge in [-0.2, -0.15) is 10.2 Å². The molecule has 9 heteroatoms. The normalized spacial score (nSPS) is 11.1. The highest BCUT2D eigenvalue weighted by Crippen LogP contribution is 2.22. The molecular weight excluding hydrogens is 344 g/mol. The summed E-state index contributed by atoms with van der Waals surface area (Å²) in [6.45, 7) is 0.833. The second-order valence-electron chi connectivity index (χ2n) is 5.14. The third kappa shape index (κ3) is 7.40. The molecule has 4 N–H and O–H groups in total. The van der Waals surface area contributed by atoms with E-state index in [-0.39, 0.29) is 11.5 Å². The Morgan fingerprint density at radius 3 is 1.72 bits per heavy atom. The van der Waals surface area contributed by atoms with Crippen LogP contribution in [0.25, 0.3) is 0 Å². The maximum atomic E-state index is 10.8. The molecule has 0 saturated heterocycles. The molecule has 2 aromatic carbocycles. The smallest absolute Gasteiger partial charge is 0.124 e. The van der Waals surface area contributed by atoms with Gasteiger partial charge in [-0.1, -0.05) is 0 Å². The molecule has 0 bridgehead atoms. The van der Waals surface area contributed by atoms with Crippen molar-refractivity contribution >= 4 is 27.2 Å². The number of hydrogen-bond acceptors (Lipinski definition) is 7. The third-order valence-corrected chi connectivity index (χ3v) is 3.78. The summed E-state index contributed by atoms with van der Waals surface area (Å²) in [5, 5.41) is 15.8. The summed E-state index contributed by atoms with van der Waals surface area (Å²) in [5.74, 6) is 0. The van der Waals surface area contributed by atoms with Gasteiger partial charge < -0.3 is 20.3 Å². The van der Waals surface area contributed by atoms with Crippen molar-refractivity contribution in [2.45, 2.75) is 4.90 Å². The molecule has 0 radical (unpaired) electrons. The van der Waals surface area contributed by atoms with Gasteiger partial charge in [0.05, 0.1) is 29.4 Å². The molecule has 0 aliphatic heterocycles. The Morgan fingerprint density at radius 1 is 1.00 bits per heavy atom. The van der Waals surface area contributed by atoms with Crippen LogP contribution in [0.2, 0.25) is 0 Å². The summed E-state index contributed by atoms with van der Waals surface area (Å²) < 4.78 is 32.4. The zero-order valence-electron chi connectivity index (χ0n) is 14.2. The summed E-state index contributed by atoms with van der Waals surface area (Å²) >= 11 is 0. The first-order valence-corrected chi connectivity index (χ1v) is 8.84. The molecule has 0 heterocycles. The fourth-order valence-corrected chi connectivity index (χ4v) is 2.08. The SMILES string of the molecule is CN(C)c1ccc(N=Nc2ccc(S(=O)(=O)[O-])cc2)cc1.[NH3+]CCO. The number of benzene rings is 2. The van der Waals surface area contributed by atoms with E-state index < -0.39 is 10.1 Å². The minimum Gasteiger partial charge on any atom is -0.744 e. The fraction of sp³-hybridized carbons (Fsp3) is 0.250. The Labute approximate surface area is 147 Å². The van der Waals surface area contributed by atoms with E-state index in [1.54, 1.807) is 0 Å². The number of quaternary nitrogens is 1. The quantitative estimate of drug-likeness (QED) is 0.607. The van der Waals surface area contributed by atoms with Crippen LogP contribution in [0.3, 0.4) is 0 Å². The van der Waals surface area contributed by atoms with Crippen molar-refractivity contribution in [3.8, 4) is 0 Å². The molecule has 0 amide bonds. The van der Waals surface area contributed by atoms with Crippen LogP contribution in [0.5, 0.6) is 0 Å². The Hall–Kier alpha value is -2.33. The van der Waals surface area contributed by atoms with Crippen molar-refractivity contribution in [2.75, 3.05) is 32.1 Å². The van der Waals surface area contributed by atoms with Crippen molar-refractivity contribution in [3.63, 3.8) is 0 Å². The largest absolute Gasteiger partial charge is 0.744 e. The molecule has 0 unspecified atom stereocenters. The highest BCUT2D eigenvalue weighted by Gasteiger charge is 2.00. The van der Waals surface area contributed by atoms with Crippen LogP contribution in [0.4, 0.5) is 17.1 Å². The van der Waals surface area contributed by atoms with Crippen LogP contribution in [-0.2, 0) is 10.1 Å². The Bertz CT molecular complexity index is 771. The maximum absolute atomic E-state index is 10.8. The van der Waals surface area contributed by atoms with Crippen LogP contribution in [0, 0.1) is 0 Å². The van der Waals surface area contributed by atoms with Crippen LogP contribution < -0.4 is 10.6 Å². The average Bonchev–Trinajstić information content (AvgIpc) is 2.60. The van der Waals surface area contributed by atoms with Crippen molar-refractivity contribution in [1.29, 1.82) is 0 Å². The maximum Gasteiger partial charge on any atom is 0.124 e. The predicted octanol–water partition coefficient (Wildman–Crippen LogP) is 1.29. The third-order valence-electron chi connectivity index (χ3n) is 2.93.